The highest BCUT2D eigenvalue weighted by molar-refractivity contribution is 6.32. The number of hydrogen-bond acceptors (Lipinski definition) is 4. The van der Waals surface area contributed by atoms with Crippen LogP contribution in [0.2, 0.25) is 10.3 Å². The summed E-state index contributed by atoms with van der Waals surface area (Å²) in [5.74, 6) is -1.15. The normalized spacial score (nSPS) is 13.2. The summed E-state index contributed by atoms with van der Waals surface area (Å²) in [6.45, 7) is -0.285. The van der Waals surface area contributed by atoms with Gasteiger partial charge in [0.05, 0.1) is 6.42 Å². The molecule has 0 saturated carbocycles. The third-order valence-corrected chi connectivity index (χ3v) is 2.35. The summed E-state index contributed by atoms with van der Waals surface area (Å²) in [4.78, 5) is 14.9. The van der Waals surface area contributed by atoms with Crippen LogP contribution >= 0.6 is 23.2 Å². The Labute approximate surface area is 116 Å². The molecule has 1 aromatic rings. The van der Waals surface area contributed by atoms with Gasteiger partial charge < -0.3 is 10.5 Å². The summed E-state index contributed by atoms with van der Waals surface area (Å²) < 4.78 is 40.7. The minimum absolute atomic E-state index is 0.0816. The lowest BCUT2D eigenvalue weighted by Crippen LogP contribution is -2.36. The van der Waals surface area contributed by atoms with Crippen molar-refractivity contribution in [2.75, 3.05) is 0 Å². The number of alkyl halides is 3. The molecular weight excluding hydrogens is 308 g/mol. The number of nitrogens with zero attached hydrogens (tertiary/aromatic N) is 1. The molecule has 0 bridgehead atoms. The van der Waals surface area contributed by atoms with Gasteiger partial charge in [-0.2, -0.15) is 13.2 Å². The van der Waals surface area contributed by atoms with E-state index in [1.807, 2.05) is 0 Å². The monoisotopic (exact) mass is 316 g/mol. The van der Waals surface area contributed by atoms with Gasteiger partial charge >= 0.3 is 12.1 Å². The Morgan fingerprint density at radius 2 is 1.89 bits per heavy atom. The Morgan fingerprint density at radius 3 is 2.37 bits per heavy atom. The first-order chi connectivity index (χ1) is 8.67. The second kappa shape index (κ2) is 6.40. The van der Waals surface area contributed by atoms with Crippen molar-refractivity contribution in [3.8, 4) is 0 Å². The molecule has 0 spiro atoms. The molecule has 0 aliphatic carbocycles. The number of rotatable bonds is 4. The lowest BCUT2D eigenvalue weighted by Gasteiger charge is -2.13. The maximum Gasteiger partial charge on any atom is 0.391 e. The van der Waals surface area contributed by atoms with Crippen molar-refractivity contribution in [1.29, 1.82) is 0 Å². The number of carbonyl (C=O) groups excluding carboxylic acids is 1. The highest BCUT2D eigenvalue weighted by atomic mass is 35.5. The molecule has 0 aliphatic rings. The highest BCUT2D eigenvalue weighted by Gasteiger charge is 2.34. The van der Waals surface area contributed by atoms with Crippen LogP contribution in [0.15, 0.2) is 12.1 Å². The fraction of sp³-hybridized carbons (Fsp3) is 0.400. The van der Waals surface area contributed by atoms with Gasteiger partial charge in [0.1, 0.15) is 23.0 Å². The minimum Gasteiger partial charge on any atom is -0.460 e. The number of carbonyl (C=O) groups is 1. The molecule has 106 valence electrons. The van der Waals surface area contributed by atoms with E-state index in [4.69, 9.17) is 28.9 Å². The van der Waals surface area contributed by atoms with E-state index in [-0.39, 0.29) is 16.9 Å². The first-order valence-electron chi connectivity index (χ1n) is 4.98. The third kappa shape index (κ3) is 6.09. The fourth-order valence-electron chi connectivity index (χ4n) is 1.19. The number of ether oxygens (including phenoxy) is 1. The topological polar surface area (TPSA) is 65.2 Å². The van der Waals surface area contributed by atoms with E-state index in [0.29, 0.717) is 5.56 Å². The minimum atomic E-state index is -4.53. The van der Waals surface area contributed by atoms with Gasteiger partial charge in [0.15, 0.2) is 0 Å². The average molecular weight is 317 g/mol. The molecular formula is C10H9Cl2F3N2O2. The number of halogens is 5. The maximum atomic E-state index is 12.0. The molecule has 0 aromatic carbocycles. The van der Waals surface area contributed by atoms with Gasteiger partial charge in [-0.1, -0.05) is 23.2 Å². The molecule has 9 heteroatoms. The van der Waals surface area contributed by atoms with E-state index in [0.717, 1.165) is 0 Å². The van der Waals surface area contributed by atoms with E-state index in [1.165, 1.54) is 12.1 Å². The van der Waals surface area contributed by atoms with Crippen LogP contribution in [0.25, 0.3) is 0 Å². The lowest BCUT2D eigenvalue weighted by atomic mass is 10.2. The van der Waals surface area contributed by atoms with Crippen molar-refractivity contribution in [3.63, 3.8) is 0 Å². The van der Waals surface area contributed by atoms with Crippen LogP contribution in [-0.4, -0.2) is 23.2 Å². The van der Waals surface area contributed by atoms with E-state index < -0.39 is 24.6 Å². The Morgan fingerprint density at radius 1 is 1.37 bits per heavy atom. The first kappa shape index (κ1) is 16.0. The van der Waals surface area contributed by atoms with Gasteiger partial charge in [-0.05, 0) is 17.7 Å². The third-order valence-electron chi connectivity index (χ3n) is 1.96. The van der Waals surface area contributed by atoms with Crippen molar-refractivity contribution < 1.29 is 22.7 Å². The Balaban J connectivity index is 2.54. The van der Waals surface area contributed by atoms with Crippen LogP contribution in [-0.2, 0) is 16.1 Å². The number of esters is 1. The average Bonchev–Trinajstić information content (AvgIpc) is 2.22. The SMILES string of the molecule is N[C@@H](CC(F)(F)F)C(=O)OCc1cc(Cl)nc(Cl)c1. The molecule has 0 aliphatic heterocycles. The van der Waals surface area contributed by atoms with Gasteiger partial charge in [-0.3, -0.25) is 4.79 Å². The summed E-state index contributed by atoms with van der Waals surface area (Å²) in [5, 5.41) is 0.163. The zero-order chi connectivity index (χ0) is 14.6. The summed E-state index contributed by atoms with van der Waals surface area (Å²) in [6.07, 6.45) is -5.97. The number of pyridine rings is 1. The van der Waals surface area contributed by atoms with E-state index in [2.05, 4.69) is 9.72 Å². The summed E-state index contributed by atoms with van der Waals surface area (Å²) in [5.41, 5.74) is 5.47. The number of hydrogen-bond donors (Lipinski definition) is 1. The molecule has 4 nitrogen and oxygen atoms in total. The molecule has 1 aromatic heterocycles. The summed E-state index contributed by atoms with van der Waals surface area (Å²) in [6, 6.07) is 0.985. The van der Waals surface area contributed by atoms with Crippen LogP contribution in [0.1, 0.15) is 12.0 Å². The van der Waals surface area contributed by atoms with E-state index in [9.17, 15) is 18.0 Å². The molecule has 0 amide bonds. The lowest BCUT2D eigenvalue weighted by molar-refractivity contribution is -0.161. The van der Waals surface area contributed by atoms with Crippen LogP contribution in [0, 0.1) is 0 Å². The van der Waals surface area contributed by atoms with Crippen LogP contribution in [0.4, 0.5) is 13.2 Å². The standard InChI is InChI=1S/C10H9Cl2F3N2O2/c11-7-1-5(2-8(12)17-7)4-19-9(18)6(16)3-10(13,14)15/h1-2,6H,3-4,16H2/t6-/m0/s1. The van der Waals surface area contributed by atoms with Crippen molar-refractivity contribution >= 4 is 29.2 Å². The second-order valence-electron chi connectivity index (χ2n) is 3.65. The molecule has 0 saturated heterocycles. The second-order valence-corrected chi connectivity index (χ2v) is 4.43. The summed E-state index contributed by atoms with van der Waals surface area (Å²) >= 11 is 11.2. The fourth-order valence-corrected chi connectivity index (χ4v) is 1.70. The maximum absolute atomic E-state index is 12.0. The molecule has 0 radical (unpaired) electrons. The van der Waals surface area contributed by atoms with Crippen molar-refractivity contribution in [1.82, 2.24) is 4.98 Å². The Bertz CT molecular complexity index is 448. The quantitative estimate of drug-likeness (QED) is 0.685. The van der Waals surface area contributed by atoms with Crippen molar-refractivity contribution in [2.24, 2.45) is 5.73 Å². The zero-order valence-corrected chi connectivity index (χ0v) is 10.9. The zero-order valence-electron chi connectivity index (χ0n) is 9.38. The molecule has 1 heterocycles. The van der Waals surface area contributed by atoms with Gasteiger partial charge in [0, 0.05) is 0 Å². The van der Waals surface area contributed by atoms with E-state index in [1.54, 1.807) is 0 Å². The molecule has 1 atom stereocenters. The largest absolute Gasteiger partial charge is 0.460 e. The molecule has 1 rings (SSSR count). The van der Waals surface area contributed by atoms with Gasteiger partial charge in [-0.25, -0.2) is 4.98 Å². The van der Waals surface area contributed by atoms with Crippen LogP contribution < -0.4 is 5.73 Å². The van der Waals surface area contributed by atoms with Gasteiger partial charge in [-0.15, -0.1) is 0 Å². The molecule has 0 unspecified atom stereocenters. The van der Waals surface area contributed by atoms with Gasteiger partial charge in [0.2, 0.25) is 0 Å². The van der Waals surface area contributed by atoms with Crippen LogP contribution in [0.5, 0.6) is 0 Å². The molecule has 19 heavy (non-hydrogen) atoms. The number of aromatic nitrogens is 1. The van der Waals surface area contributed by atoms with Crippen LogP contribution in [0.3, 0.4) is 0 Å². The highest BCUT2D eigenvalue weighted by Crippen LogP contribution is 2.21. The predicted octanol–water partition coefficient (Wildman–Crippen LogP) is 2.71. The smallest absolute Gasteiger partial charge is 0.391 e. The number of nitrogens with two attached hydrogens (primary N) is 1. The molecule has 2 N–H and O–H groups in total. The first-order valence-corrected chi connectivity index (χ1v) is 5.74. The van der Waals surface area contributed by atoms with Crippen molar-refractivity contribution in [3.05, 3.63) is 28.0 Å². The summed E-state index contributed by atoms with van der Waals surface area (Å²) in [7, 11) is 0. The predicted molar refractivity (Wildman–Crippen MR) is 62.7 cm³/mol. The van der Waals surface area contributed by atoms with Crippen molar-refractivity contribution in [2.45, 2.75) is 25.2 Å². The Hall–Kier alpha value is -1.05. The van der Waals surface area contributed by atoms with E-state index >= 15 is 0 Å². The Kier molecular flexibility index (Phi) is 5.39. The molecule has 0 fully saturated rings. The van der Waals surface area contributed by atoms with Gasteiger partial charge in [0.25, 0.3) is 0 Å².